The SMILES string of the molecule is C=Cc1ccc(N(Cc2ccc(CC)cc2)C(=C)CC(C)(C)C)nc1F. The molecule has 0 bridgehead atoms. The van der Waals surface area contributed by atoms with Crippen LogP contribution < -0.4 is 4.90 Å². The molecule has 0 saturated heterocycles. The zero-order valence-corrected chi connectivity index (χ0v) is 16.3. The highest BCUT2D eigenvalue weighted by atomic mass is 19.1. The number of hydrogen-bond donors (Lipinski definition) is 0. The molecule has 0 amide bonds. The highest BCUT2D eigenvalue weighted by Crippen LogP contribution is 2.29. The number of pyridine rings is 1. The number of rotatable bonds is 7. The zero-order chi connectivity index (χ0) is 19.3. The monoisotopic (exact) mass is 352 g/mol. The van der Waals surface area contributed by atoms with E-state index in [1.807, 2.05) is 11.0 Å². The summed E-state index contributed by atoms with van der Waals surface area (Å²) < 4.78 is 14.2. The van der Waals surface area contributed by atoms with E-state index in [-0.39, 0.29) is 5.41 Å². The average Bonchev–Trinajstić information content (AvgIpc) is 2.58. The molecular weight excluding hydrogens is 323 g/mol. The van der Waals surface area contributed by atoms with E-state index in [1.54, 1.807) is 6.07 Å². The first-order chi connectivity index (χ1) is 12.2. The van der Waals surface area contributed by atoms with Gasteiger partial charge in [0.15, 0.2) is 0 Å². The van der Waals surface area contributed by atoms with Crippen LogP contribution in [0.15, 0.2) is 55.3 Å². The second kappa shape index (κ2) is 8.31. The molecule has 3 heteroatoms. The van der Waals surface area contributed by atoms with Crippen LogP contribution in [0.25, 0.3) is 6.08 Å². The molecular formula is C23H29FN2. The number of allylic oxidation sites excluding steroid dienone is 1. The zero-order valence-electron chi connectivity index (χ0n) is 16.3. The van der Waals surface area contributed by atoms with Gasteiger partial charge in [-0.15, -0.1) is 0 Å². The Morgan fingerprint density at radius 3 is 2.23 bits per heavy atom. The van der Waals surface area contributed by atoms with Crippen LogP contribution in [0.4, 0.5) is 10.2 Å². The topological polar surface area (TPSA) is 16.1 Å². The highest BCUT2D eigenvalue weighted by molar-refractivity contribution is 5.53. The summed E-state index contributed by atoms with van der Waals surface area (Å²) in [6.45, 7) is 17.1. The van der Waals surface area contributed by atoms with Crippen molar-refractivity contribution in [3.63, 3.8) is 0 Å². The molecule has 138 valence electrons. The van der Waals surface area contributed by atoms with Crippen LogP contribution in [-0.2, 0) is 13.0 Å². The van der Waals surface area contributed by atoms with Crippen LogP contribution in [0.5, 0.6) is 0 Å². The number of hydrogen-bond acceptors (Lipinski definition) is 2. The maximum Gasteiger partial charge on any atom is 0.222 e. The van der Waals surface area contributed by atoms with Gasteiger partial charge in [0.05, 0.1) is 0 Å². The fourth-order valence-corrected chi connectivity index (χ4v) is 2.86. The van der Waals surface area contributed by atoms with Gasteiger partial charge in [-0.2, -0.15) is 4.39 Å². The van der Waals surface area contributed by atoms with Crippen molar-refractivity contribution in [1.29, 1.82) is 0 Å². The number of anilines is 1. The summed E-state index contributed by atoms with van der Waals surface area (Å²) in [7, 11) is 0. The molecule has 0 atom stereocenters. The lowest BCUT2D eigenvalue weighted by Gasteiger charge is -2.30. The third-order valence-electron chi connectivity index (χ3n) is 4.25. The molecule has 0 N–H and O–H groups in total. The van der Waals surface area contributed by atoms with Gasteiger partial charge in [-0.25, -0.2) is 4.98 Å². The molecule has 0 aliphatic carbocycles. The van der Waals surface area contributed by atoms with E-state index in [1.165, 1.54) is 11.6 Å². The molecule has 0 unspecified atom stereocenters. The Kier molecular flexibility index (Phi) is 6.36. The van der Waals surface area contributed by atoms with Crippen LogP contribution in [0.1, 0.15) is 50.8 Å². The van der Waals surface area contributed by atoms with Gasteiger partial charge in [-0.05, 0) is 41.5 Å². The summed E-state index contributed by atoms with van der Waals surface area (Å²) in [6.07, 6.45) is 3.28. The summed E-state index contributed by atoms with van der Waals surface area (Å²) in [5, 5.41) is 0. The van der Waals surface area contributed by atoms with Crippen molar-refractivity contribution in [2.24, 2.45) is 5.41 Å². The van der Waals surface area contributed by atoms with E-state index in [0.717, 1.165) is 24.1 Å². The maximum atomic E-state index is 14.2. The third kappa shape index (κ3) is 5.29. The van der Waals surface area contributed by atoms with Gasteiger partial charge >= 0.3 is 0 Å². The van der Waals surface area contributed by atoms with Crippen molar-refractivity contribution in [3.05, 3.63) is 77.9 Å². The molecule has 26 heavy (non-hydrogen) atoms. The van der Waals surface area contributed by atoms with Crippen LogP contribution in [0.2, 0.25) is 0 Å². The normalized spacial score (nSPS) is 11.3. The fourth-order valence-electron chi connectivity index (χ4n) is 2.86. The third-order valence-corrected chi connectivity index (χ3v) is 4.25. The minimum atomic E-state index is -0.507. The van der Waals surface area contributed by atoms with Crippen molar-refractivity contribution < 1.29 is 4.39 Å². The van der Waals surface area contributed by atoms with E-state index in [4.69, 9.17) is 0 Å². The largest absolute Gasteiger partial charge is 0.326 e. The first kappa shape index (κ1) is 19.9. The molecule has 0 aliphatic rings. The molecule has 1 heterocycles. The number of benzene rings is 1. The van der Waals surface area contributed by atoms with Gasteiger partial charge in [0.25, 0.3) is 0 Å². The predicted molar refractivity (Wildman–Crippen MR) is 110 cm³/mol. The standard InChI is InChI=1S/C23H29FN2/c1-7-18-9-11-19(12-10-18)16-26(17(3)15-23(4,5)6)21-14-13-20(8-2)22(24)25-21/h8-14H,2-3,7,15-16H2,1,4-6H3. The quantitative estimate of drug-likeness (QED) is 0.537. The minimum Gasteiger partial charge on any atom is -0.326 e. The van der Waals surface area contributed by atoms with E-state index in [0.29, 0.717) is 17.9 Å². The van der Waals surface area contributed by atoms with Crippen LogP contribution in [-0.4, -0.2) is 4.98 Å². The van der Waals surface area contributed by atoms with Crippen molar-refractivity contribution >= 4 is 11.9 Å². The summed E-state index contributed by atoms with van der Waals surface area (Å²) in [5.74, 6) is 0.0642. The number of aryl methyl sites for hydroxylation is 1. The number of nitrogens with zero attached hydrogens (tertiary/aromatic N) is 2. The Labute approximate surface area is 157 Å². The van der Waals surface area contributed by atoms with E-state index >= 15 is 0 Å². The van der Waals surface area contributed by atoms with Gasteiger partial charge in [0, 0.05) is 17.8 Å². The minimum absolute atomic E-state index is 0.0843. The maximum absolute atomic E-state index is 14.2. The smallest absolute Gasteiger partial charge is 0.222 e. The average molecular weight is 352 g/mol. The van der Waals surface area contributed by atoms with E-state index < -0.39 is 5.95 Å². The van der Waals surface area contributed by atoms with Gasteiger partial charge in [-0.3, -0.25) is 0 Å². The lowest BCUT2D eigenvalue weighted by Crippen LogP contribution is -2.25. The Bertz CT molecular complexity index is 770. The van der Waals surface area contributed by atoms with Gasteiger partial charge in [-0.1, -0.05) is 71.2 Å². The summed E-state index contributed by atoms with van der Waals surface area (Å²) in [6, 6.07) is 12.0. The van der Waals surface area contributed by atoms with Crippen LogP contribution in [0, 0.1) is 11.4 Å². The molecule has 2 rings (SSSR count). The predicted octanol–water partition coefficient (Wildman–Crippen LogP) is 6.38. The van der Waals surface area contributed by atoms with Crippen LogP contribution in [0.3, 0.4) is 0 Å². The summed E-state index contributed by atoms with van der Waals surface area (Å²) >= 11 is 0. The van der Waals surface area contributed by atoms with E-state index in [9.17, 15) is 4.39 Å². The molecule has 0 fully saturated rings. The molecule has 0 radical (unpaired) electrons. The van der Waals surface area contributed by atoms with Gasteiger partial charge in [0.1, 0.15) is 5.82 Å². The number of halogens is 1. The molecule has 0 spiro atoms. The molecule has 0 saturated carbocycles. The van der Waals surface area contributed by atoms with Crippen LogP contribution >= 0.6 is 0 Å². The first-order valence-corrected chi connectivity index (χ1v) is 9.05. The lowest BCUT2D eigenvalue weighted by molar-refractivity contribution is 0.404. The molecule has 1 aromatic heterocycles. The van der Waals surface area contributed by atoms with Crippen molar-refractivity contribution in [3.8, 4) is 0 Å². The molecule has 1 aromatic carbocycles. The second-order valence-corrected chi connectivity index (χ2v) is 7.81. The highest BCUT2D eigenvalue weighted by Gasteiger charge is 2.20. The second-order valence-electron chi connectivity index (χ2n) is 7.81. The Morgan fingerprint density at radius 1 is 1.12 bits per heavy atom. The first-order valence-electron chi connectivity index (χ1n) is 9.05. The van der Waals surface area contributed by atoms with Gasteiger partial charge < -0.3 is 4.90 Å². The van der Waals surface area contributed by atoms with Crippen molar-refractivity contribution in [2.75, 3.05) is 4.90 Å². The lowest BCUT2D eigenvalue weighted by atomic mass is 9.90. The fraction of sp³-hybridized carbons (Fsp3) is 0.348. The van der Waals surface area contributed by atoms with Crippen molar-refractivity contribution in [2.45, 2.75) is 47.1 Å². The molecule has 0 aliphatic heterocycles. The Balaban J connectivity index is 2.35. The Hall–Kier alpha value is -2.42. The summed E-state index contributed by atoms with van der Waals surface area (Å²) in [5.41, 5.74) is 3.86. The van der Waals surface area contributed by atoms with Gasteiger partial charge in [0.2, 0.25) is 5.95 Å². The Morgan fingerprint density at radius 2 is 1.73 bits per heavy atom. The van der Waals surface area contributed by atoms with Crippen molar-refractivity contribution in [1.82, 2.24) is 4.98 Å². The molecule has 2 aromatic rings. The van der Waals surface area contributed by atoms with E-state index in [2.05, 4.69) is 70.1 Å². The summed E-state index contributed by atoms with van der Waals surface area (Å²) in [4.78, 5) is 6.15. The molecule has 2 nitrogen and oxygen atoms in total. The number of aromatic nitrogens is 1.